The number of benzene rings is 1. The van der Waals surface area contributed by atoms with Crippen LogP contribution < -0.4 is 10.6 Å². The molecule has 0 fully saturated rings. The van der Waals surface area contributed by atoms with Gasteiger partial charge in [-0.2, -0.15) is 0 Å². The van der Waals surface area contributed by atoms with Crippen LogP contribution in [0.1, 0.15) is 21.9 Å². The van der Waals surface area contributed by atoms with Gasteiger partial charge >= 0.3 is 0 Å². The number of hydrogen-bond acceptors (Lipinski definition) is 3. The lowest BCUT2D eigenvalue weighted by atomic mass is 10.1. The van der Waals surface area contributed by atoms with Crippen LogP contribution in [-0.2, 0) is 13.0 Å². The summed E-state index contributed by atoms with van der Waals surface area (Å²) in [6.45, 7) is 3.42. The van der Waals surface area contributed by atoms with Gasteiger partial charge < -0.3 is 10.6 Å². The monoisotopic (exact) mass is 398 g/mol. The van der Waals surface area contributed by atoms with Gasteiger partial charge in [0.2, 0.25) is 0 Å². The van der Waals surface area contributed by atoms with Crippen molar-refractivity contribution in [1.29, 1.82) is 0 Å². The number of thiazole rings is 1. The summed E-state index contributed by atoms with van der Waals surface area (Å²) >= 11 is 4.93. The molecule has 1 aromatic heterocycles. The average Bonchev–Trinajstić information content (AvgIpc) is 2.94. The van der Waals surface area contributed by atoms with Crippen molar-refractivity contribution in [2.45, 2.75) is 26.3 Å². The molecule has 2 rings (SSSR count). The number of nitrogens with one attached hydrogen (secondary N) is 2. The first-order valence-electron chi connectivity index (χ1n) is 7.38. The predicted molar refractivity (Wildman–Crippen MR) is 97.5 cm³/mol. The molecule has 0 aliphatic carbocycles. The van der Waals surface area contributed by atoms with E-state index in [1.54, 1.807) is 18.4 Å². The summed E-state index contributed by atoms with van der Waals surface area (Å²) in [4.78, 5) is 9.57. The maximum absolute atomic E-state index is 13.7. The number of nitrogens with zero attached hydrogens (tertiary/aromatic N) is 2. The second-order valence-electron chi connectivity index (χ2n) is 5.04. The van der Waals surface area contributed by atoms with E-state index in [1.165, 1.54) is 10.9 Å². The number of aromatic nitrogens is 1. The summed E-state index contributed by atoms with van der Waals surface area (Å²) in [6, 6.07) is 5.18. The molecule has 0 unspecified atom stereocenters. The Labute approximate surface area is 148 Å². The standard InChI is InChI=1S/C16H20BrFN4S/c1-11-21-9-14(23-11)10-22-16(19-2)20-7-3-4-12-5-6-13(17)8-15(12)18/h5-6,8-9H,3-4,7,10H2,1-2H3,(H2,19,20,22). The summed E-state index contributed by atoms with van der Waals surface area (Å²) in [6.07, 6.45) is 3.40. The molecule has 0 aliphatic heterocycles. The van der Waals surface area contributed by atoms with Gasteiger partial charge in [-0.15, -0.1) is 11.3 Å². The predicted octanol–water partition coefficient (Wildman–Crippen LogP) is 3.65. The minimum absolute atomic E-state index is 0.164. The zero-order valence-electron chi connectivity index (χ0n) is 13.2. The van der Waals surface area contributed by atoms with Crippen molar-refractivity contribution in [1.82, 2.24) is 15.6 Å². The fourth-order valence-electron chi connectivity index (χ4n) is 2.09. The Morgan fingerprint density at radius 1 is 1.39 bits per heavy atom. The Kier molecular flexibility index (Phi) is 6.98. The first-order chi connectivity index (χ1) is 11.1. The highest BCUT2D eigenvalue weighted by Gasteiger charge is 2.04. The molecule has 1 heterocycles. The SMILES string of the molecule is CN=C(NCCCc1ccc(Br)cc1F)NCc1cnc(C)s1. The van der Waals surface area contributed by atoms with Crippen LogP contribution in [0.2, 0.25) is 0 Å². The van der Waals surface area contributed by atoms with Crippen molar-refractivity contribution in [3.63, 3.8) is 0 Å². The second-order valence-corrected chi connectivity index (χ2v) is 7.27. The van der Waals surface area contributed by atoms with Crippen molar-refractivity contribution < 1.29 is 4.39 Å². The third kappa shape index (κ3) is 5.91. The molecule has 0 aliphatic rings. The van der Waals surface area contributed by atoms with Crippen LogP contribution in [0.25, 0.3) is 0 Å². The topological polar surface area (TPSA) is 49.3 Å². The second kappa shape index (κ2) is 8.98. The van der Waals surface area contributed by atoms with Crippen LogP contribution in [-0.4, -0.2) is 24.5 Å². The lowest BCUT2D eigenvalue weighted by molar-refractivity contribution is 0.602. The van der Waals surface area contributed by atoms with Gasteiger partial charge in [0.15, 0.2) is 5.96 Å². The zero-order chi connectivity index (χ0) is 16.7. The molecule has 23 heavy (non-hydrogen) atoms. The molecule has 0 atom stereocenters. The van der Waals surface area contributed by atoms with Crippen molar-refractivity contribution in [2.24, 2.45) is 4.99 Å². The Balaban J connectivity index is 1.71. The van der Waals surface area contributed by atoms with Gasteiger partial charge in [-0.25, -0.2) is 9.37 Å². The van der Waals surface area contributed by atoms with E-state index in [4.69, 9.17) is 0 Å². The maximum Gasteiger partial charge on any atom is 0.191 e. The maximum atomic E-state index is 13.7. The van der Waals surface area contributed by atoms with Crippen molar-refractivity contribution >= 4 is 33.2 Å². The number of aryl methyl sites for hydroxylation is 2. The molecule has 124 valence electrons. The third-order valence-corrected chi connectivity index (χ3v) is 4.66. The Morgan fingerprint density at radius 3 is 2.87 bits per heavy atom. The lowest BCUT2D eigenvalue weighted by Gasteiger charge is -2.11. The number of guanidine groups is 1. The van der Waals surface area contributed by atoms with Gasteiger partial charge in [0.1, 0.15) is 5.82 Å². The van der Waals surface area contributed by atoms with E-state index in [0.717, 1.165) is 34.0 Å². The highest BCUT2D eigenvalue weighted by atomic mass is 79.9. The van der Waals surface area contributed by atoms with Gasteiger partial charge in [0.25, 0.3) is 0 Å². The Morgan fingerprint density at radius 2 is 2.22 bits per heavy atom. The number of halogens is 2. The molecule has 0 radical (unpaired) electrons. The van der Waals surface area contributed by atoms with Crippen LogP contribution in [0.5, 0.6) is 0 Å². The Bertz CT molecular complexity index is 672. The van der Waals surface area contributed by atoms with E-state index in [9.17, 15) is 4.39 Å². The summed E-state index contributed by atoms with van der Waals surface area (Å²) < 4.78 is 14.5. The van der Waals surface area contributed by atoms with Crippen LogP contribution in [0, 0.1) is 12.7 Å². The molecular formula is C16H20BrFN4S. The molecule has 1 aromatic carbocycles. The highest BCUT2D eigenvalue weighted by molar-refractivity contribution is 9.10. The van der Waals surface area contributed by atoms with Crippen LogP contribution in [0.15, 0.2) is 33.9 Å². The number of rotatable bonds is 6. The summed E-state index contributed by atoms with van der Waals surface area (Å²) in [5.74, 6) is 0.578. The van der Waals surface area contributed by atoms with Crippen molar-refractivity contribution in [2.75, 3.05) is 13.6 Å². The average molecular weight is 399 g/mol. The van der Waals surface area contributed by atoms with Crippen LogP contribution in [0.4, 0.5) is 4.39 Å². The quantitative estimate of drug-likeness (QED) is 0.443. The number of aliphatic imine (C=N–C) groups is 1. The minimum Gasteiger partial charge on any atom is -0.356 e. The molecule has 0 bridgehead atoms. The number of hydrogen-bond donors (Lipinski definition) is 2. The first-order valence-corrected chi connectivity index (χ1v) is 8.99. The minimum atomic E-state index is -0.164. The molecule has 0 amide bonds. The smallest absolute Gasteiger partial charge is 0.191 e. The lowest BCUT2D eigenvalue weighted by Crippen LogP contribution is -2.37. The molecular weight excluding hydrogens is 379 g/mol. The van der Waals surface area contributed by atoms with Crippen LogP contribution >= 0.6 is 27.3 Å². The molecule has 2 N–H and O–H groups in total. The van der Waals surface area contributed by atoms with E-state index in [1.807, 2.05) is 25.3 Å². The van der Waals surface area contributed by atoms with E-state index in [0.29, 0.717) is 13.0 Å². The van der Waals surface area contributed by atoms with Gasteiger partial charge in [0.05, 0.1) is 11.6 Å². The molecule has 2 aromatic rings. The van der Waals surface area contributed by atoms with Crippen molar-refractivity contribution in [3.8, 4) is 0 Å². The van der Waals surface area contributed by atoms with E-state index >= 15 is 0 Å². The molecule has 0 saturated heterocycles. The first kappa shape index (κ1) is 17.9. The third-order valence-electron chi connectivity index (χ3n) is 3.25. The molecule has 7 heteroatoms. The van der Waals surface area contributed by atoms with Gasteiger partial charge in [0, 0.05) is 29.1 Å². The zero-order valence-corrected chi connectivity index (χ0v) is 15.6. The largest absolute Gasteiger partial charge is 0.356 e. The molecule has 0 spiro atoms. The van der Waals surface area contributed by atoms with Gasteiger partial charge in [-0.3, -0.25) is 4.99 Å². The fraction of sp³-hybridized carbons (Fsp3) is 0.375. The highest BCUT2D eigenvalue weighted by Crippen LogP contribution is 2.16. The van der Waals surface area contributed by atoms with Crippen molar-refractivity contribution in [3.05, 3.63) is 50.1 Å². The van der Waals surface area contributed by atoms with Crippen LogP contribution in [0.3, 0.4) is 0 Å². The van der Waals surface area contributed by atoms with E-state index in [-0.39, 0.29) is 5.82 Å². The summed E-state index contributed by atoms with van der Waals surface area (Å²) in [5, 5.41) is 7.54. The molecule has 0 saturated carbocycles. The normalized spacial score (nSPS) is 11.6. The fourth-order valence-corrected chi connectivity index (χ4v) is 3.16. The summed E-state index contributed by atoms with van der Waals surface area (Å²) in [5.41, 5.74) is 0.734. The molecule has 4 nitrogen and oxygen atoms in total. The van der Waals surface area contributed by atoms with E-state index < -0.39 is 0 Å². The van der Waals surface area contributed by atoms with E-state index in [2.05, 4.69) is 36.5 Å². The van der Waals surface area contributed by atoms with Gasteiger partial charge in [-0.05, 0) is 37.5 Å². The van der Waals surface area contributed by atoms with Gasteiger partial charge in [-0.1, -0.05) is 22.0 Å². The Hall–Kier alpha value is -1.47. The summed E-state index contributed by atoms with van der Waals surface area (Å²) in [7, 11) is 1.74.